The van der Waals surface area contributed by atoms with E-state index >= 15 is 0 Å². The molecule has 0 N–H and O–H groups in total. The first-order valence-corrected chi connectivity index (χ1v) is 14.1. The van der Waals surface area contributed by atoms with Gasteiger partial charge in [0, 0.05) is 27.3 Å². The number of ether oxygens (including phenoxy) is 1. The fraction of sp³-hybridized carbons (Fsp3) is 0.286. The lowest BCUT2D eigenvalue weighted by Crippen LogP contribution is -2.30. The second-order valence-electron chi connectivity index (χ2n) is 8.09. The molecule has 1 aliphatic heterocycles. The maximum atomic E-state index is 12.9. The highest BCUT2D eigenvalue weighted by atomic mass is 32.2. The van der Waals surface area contributed by atoms with Crippen LogP contribution in [0.4, 0.5) is 0 Å². The topological polar surface area (TPSA) is 26.3 Å². The Morgan fingerprint density at radius 2 is 1.81 bits per heavy atom. The zero-order valence-electron chi connectivity index (χ0n) is 15.5. The van der Waals surface area contributed by atoms with Crippen LogP contribution in [0.25, 0.3) is 0 Å². The molecule has 0 spiro atoms. The van der Waals surface area contributed by atoms with E-state index in [0.29, 0.717) is 6.42 Å². The molecule has 0 atom stereocenters. The first kappa shape index (κ1) is 18.0. The van der Waals surface area contributed by atoms with Gasteiger partial charge >= 0.3 is 0 Å². The summed E-state index contributed by atoms with van der Waals surface area (Å²) < 4.78 is 7.11. The van der Waals surface area contributed by atoms with Crippen LogP contribution in [-0.4, -0.2) is 20.1 Å². The molecule has 134 valence electrons. The van der Waals surface area contributed by atoms with Gasteiger partial charge in [0.1, 0.15) is 5.75 Å². The second-order valence-corrected chi connectivity index (χ2v) is 15.9. The molecule has 0 bridgehead atoms. The summed E-state index contributed by atoms with van der Waals surface area (Å²) in [6.45, 7) is 8.98. The minimum absolute atomic E-state index is 0.177. The summed E-state index contributed by atoms with van der Waals surface area (Å²) in [7, 11) is -1.26. The number of carbonyl (C=O) groups is 1. The largest absolute Gasteiger partial charge is 0.497 e. The van der Waals surface area contributed by atoms with Crippen LogP contribution in [-0.2, 0) is 6.42 Å². The molecule has 4 rings (SSSR count). The molecular formula is C21H22O2S2Si. The standard InChI is InChI=1S/C21H22O2S2Si/c1-13-5-8-18-19(9-13)25-21(24-18)17-11-14-10-15(23-12-26(2,3)4)6-7-16(14)20(17)22/h5-10H,11-12H2,1-4H3/b21-17-. The summed E-state index contributed by atoms with van der Waals surface area (Å²) in [5.74, 6) is 1.06. The third-order valence-corrected chi connectivity index (χ3v) is 8.02. The summed E-state index contributed by atoms with van der Waals surface area (Å²) in [5, 5.41) is 0. The van der Waals surface area contributed by atoms with Gasteiger partial charge in [-0.25, -0.2) is 0 Å². The van der Waals surface area contributed by atoms with Crippen LogP contribution in [0.5, 0.6) is 5.75 Å². The van der Waals surface area contributed by atoms with Crippen molar-refractivity contribution >= 4 is 37.4 Å². The van der Waals surface area contributed by atoms with Crippen LogP contribution in [0.3, 0.4) is 0 Å². The predicted octanol–water partition coefficient (Wildman–Crippen LogP) is 6.10. The number of hydrogen-bond donors (Lipinski definition) is 0. The molecule has 1 aliphatic carbocycles. The van der Waals surface area contributed by atoms with Crippen molar-refractivity contribution in [2.45, 2.75) is 42.8 Å². The second kappa shape index (κ2) is 6.62. The summed E-state index contributed by atoms with van der Waals surface area (Å²) in [5.41, 5.74) is 4.12. The number of carbonyl (C=O) groups excluding carboxylic acids is 1. The quantitative estimate of drug-likeness (QED) is 0.461. The molecule has 26 heavy (non-hydrogen) atoms. The highest BCUT2D eigenvalue weighted by Crippen LogP contribution is 2.54. The zero-order valence-corrected chi connectivity index (χ0v) is 18.1. The van der Waals surface area contributed by atoms with Crippen molar-refractivity contribution in [3.63, 3.8) is 0 Å². The molecule has 0 amide bonds. The number of rotatable bonds is 3. The molecule has 2 aromatic carbocycles. The highest BCUT2D eigenvalue weighted by molar-refractivity contribution is 8.24. The lowest BCUT2D eigenvalue weighted by molar-refractivity contribution is 0.103. The van der Waals surface area contributed by atoms with E-state index in [1.807, 2.05) is 12.1 Å². The smallest absolute Gasteiger partial charge is 0.191 e. The van der Waals surface area contributed by atoms with E-state index in [1.165, 1.54) is 15.4 Å². The summed E-state index contributed by atoms with van der Waals surface area (Å²) >= 11 is 3.47. The van der Waals surface area contributed by atoms with Gasteiger partial charge in [0.2, 0.25) is 0 Å². The van der Waals surface area contributed by atoms with Gasteiger partial charge in [-0.1, -0.05) is 49.2 Å². The maximum Gasteiger partial charge on any atom is 0.191 e. The van der Waals surface area contributed by atoms with Gasteiger partial charge in [-0.05, 0) is 48.4 Å². The highest BCUT2D eigenvalue weighted by Gasteiger charge is 2.31. The third-order valence-electron chi connectivity index (χ3n) is 4.39. The van der Waals surface area contributed by atoms with Crippen LogP contribution >= 0.6 is 23.5 Å². The Labute approximate surface area is 164 Å². The van der Waals surface area contributed by atoms with E-state index in [4.69, 9.17) is 4.74 Å². The molecule has 2 aliphatic rings. The van der Waals surface area contributed by atoms with Gasteiger partial charge in [-0.3, -0.25) is 4.79 Å². The Balaban J connectivity index is 1.59. The van der Waals surface area contributed by atoms with Gasteiger partial charge in [0.25, 0.3) is 0 Å². The van der Waals surface area contributed by atoms with Gasteiger partial charge in [-0.15, -0.1) is 0 Å². The van der Waals surface area contributed by atoms with E-state index in [-0.39, 0.29) is 5.78 Å². The number of fused-ring (bicyclic) bond motifs is 2. The van der Waals surface area contributed by atoms with E-state index in [2.05, 4.69) is 50.8 Å². The number of Topliss-reactive ketones (excluding diaryl/α,β-unsaturated/α-hetero) is 1. The fourth-order valence-corrected chi connectivity index (χ4v) is 6.29. The predicted molar refractivity (Wildman–Crippen MR) is 113 cm³/mol. The zero-order chi connectivity index (χ0) is 18.5. The lowest BCUT2D eigenvalue weighted by atomic mass is 10.1. The van der Waals surface area contributed by atoms with E-state index in [0.717, 1.165) is 32.9 Å². The van der Waals surface area contributed by atoms with Crippen LogP contribution in [0.2, 0.25) is 19.6 Å². The molecule has 2 aromatic rings. The number of thioether (sulfide) groups is 2. The molecule has 0 unspecified atom stereocenters. The average molecular weight is 399 g/mol. The van der Waals surface area contributed by atoms with E-state index < -0.39 is 8.07 Å². The lowest BCUT2D eigenvalue weighted by Gasteiger charge is -2.17. The van der Waals surface area contributed by atoms with E-state index in [9.17, 15) is 4.79 Å². The van der Waals surface area contributed by atoms with E-state index in [1.54, 1.807) is 23.5 Å². The first-order chi connectivity index (χ1) is 12.3. The van der Waals surface area contributed by atoms with Crippen molar-refractivity contribution in [2.24, 2.45) is 0 Å². The molecule has 0 radical (unpaired) electrons. The van der Waals surface area contributed by atoms with Gasteiger partial charge < -0.3 is 4.74 Å². The van der Waals surface area contributed by atoms with Crippen molar-refractivity contribution in [3.8, 4) is 5.75 Å². The summed E-state index contributed by atoms with van der Waals surface area (Å²) in [6.07, 6.45) is 1.51. The van der Waals surface area contributed by atoms with Crippen LogP contribution in [0.15, 0.2) is 56.0 Å². The SMILES string of the molecule is Cc1ccc2c(c1)S/C(=C1/Cc3cc(OC[Si](C)(C)C)ccc3C1=O)S2. The Bertz CT molecular complexity index is 942. The molecule has 0 aromatic heterocycles. The minimum atomic E-state index is -1.26. The molecule has 5 heteroatoms. The molecule has 0 saturated heterocycles. The molecule has 0 saturated carbocycles. The van der Waals surface area contributed by atoms with Crippen molar-refractivity contribution in [3.05, 3.63) is 62.9 Å². The monoisotopic (exact) mass is 398 g/mol. The number of benzene rings is 2. The Morgan fingerprint density at radius 1 is 1.04 bits per heavy atom. The fourth-order valence-electron chi connectivity index (χ4n) is 3.05. The van der Waals surface area contributed by atoms with Crippen molar-refractivity contribution in [1.82, 2.24) is 0 Å². The Hall–Kier alpha value is -1.43. The van der Waals surface area contributed by atoms with Gasteiger partial charge in [0.15, 0.2) is 5.78 Å². The maximum absolute atomic E-state index is 12.9. The average Bonchev–Trinajstić information content (AvgIpc) is 3.13. The third kappa shape index (κ3) is 3.53. The van der Waals surface area contributed by atoms with Crippen LogP contribution < -0.4 is 4.74 Å². The summed E-state index contributed by atoms with van der Waals surface area (Å²) in [4.78, 5) is 15.4. The minimum Gasteiger partial charge on any atom is -0.497 e. The first-order valence-electron chi connectivity index (χ1n) is 8.80. The number of aryl methyl sites for hydroxylation is 1. The van der Waals surface area contributed by atoms with Gasteiger partial charge in [0.05, 0.1) is 18.5 Å². The van der Waals surface area contributed by atoms with Crippen molar-refractivity contribution in [1.29, 1.82) is 0 Å². The van der Waals surface area contributed by atoms with Gasteiger partial charge in [-0.2, -0.15) is 0 Å². The molecule has 0 fully saturated rings. The number of allylic oxidation sites excluding steroid dienone is 1. The molecule has 1 heterocycles. The Morgan fingerprint density at radius 3 is 2.58 bits per heavy atom. The van der Waals surface area contributed by atoms with Crippen LogP contribution in [0.1, 0.15) is 21.5 Å². The normalized spacial score (nSPS) is 18.8. The van der Waals surface area contributed by atoms with Crippen LogP contribution in [0, 0.1) is 6.92 Å². The number of ketones is 1. The molecule has 2 nitrogen and oxygen atoms in total. The van der Waals surface area contributed by atoms with Crippen molar-refractivity contribution in [2.75, 3.05) is 6.23 Å². The van der Waals surface area contributed by atoms with Crippen molar-refractivity contribution < 1.29 is 9.53 Å². The summed E-state index contributed by atoms with van der Waals surface area (Å²) in [6, 6.07) is 12.4. The Kier molecular flexibility index (Phi) is 4.57. The number of hydrogen-bond acceptors (Lipinski definition) is 4. The molecular weight excluding hydrogens is 376 g/mol.